The Kier molecular flexibility index (Phi) is 3.54. The summed E-state index contributed by atoms with van der Waals surface area (Å²) in [5, 5.41) is 12.2. The van der Waals surface area contributed by atoms with Crippen LogP contribution in [0.1, 0.15) is 16.1 Å². The van der Waals surface area contributed by atoms with Gasteiger partial charge in [0.25, 0.3) is 5.91 Å². The number of aromatic nitrogens is 1. The van der Waals surface area contributed by atoms with Crippen LogP contribution in [0.5, 0.6) is 0 Å². The third-order valence-corrected chi connectivity index (χ3v) is 3.55. The van der Waals surface area contributed by atoms with E-state index in [0.29, 0.717) is 27.7 Å². The summed E-state index contributed by atoms with van der Waals surface area (Å²) in [5.74, 6) is -1.75. The highest BCUT2D eigenvalue weighted by atomic mass is 19.1. The zero-order valence-electron chi connectivity index (χ0n) is 12.1. The van der Waals surface area contributed by atoms with Gasteiger partial charge in [0.1, 0.15) is 17.3 Å². The summed E-state index contributed by atoms with van der Waals surface area (Å²) in [6, 6.07) is 9.92. The number of hydrogen-bond donors (Lipinski definition) is 2. The van der Waals surface area contributed by atoms with Crippen LogP contribution in [0.25, 0.3) is 22.0 Å². The van der Waals surface area contributed by atoms with E-state index >= 15 is 0 Å². The molecule has 0 spiro atoms. The van der Waals surface area contributed by atoms with Crippen molar-refractivity contribution < 1.29 is 13.6 Å². The number of halogens is 2. The van der Waals surface area contributed by atoms with E-state index in [0.717, 1.165) is 12.1 Å². The number of fused-ring (bicyclic) bond motifs is 1. The van der Waals surface area contributed by atoms with Crippen molar-refractivity contribution >= 4 is 16.8 Å². The van der Waals surface area contributed by atoms with Crippen LogP contribution in [0.4, 0.5) is 8.78 Å². The molecule has 0 aliphatic heterocycles. The number of aromatic amines is 1. The zero-order valence-corrected chi connectivity index (χ0v) is 12.1. The molecule has 0 saturated carbocycles. The summed E-state index contributed by atoms with van der Waals surface area (Å²) in [6.45, 7) is 0. The van der Waals surface area contributed by atoms with E-state index in [-0.39, 0.29) is 11.5 Å². The largest absolute Gasteiger partial charge is 0.354 e. The highest BCUT2D eigenvalue weighted by Crippen LogP contribution is 2.32. The van der Waals surface area contributed by atoms with Crippen LogP contribution in [-0.4, -0.2) is 17.9 Å². The maximum atomic E-state index is 14.1. The lowest BCUT2D eigenvalue weighted by Gasteiger charge is -2.06. The monoisotopic (exact) mass is 311 g/mol. The molecule has 0 unspecified atom stereocenters. The molecule has 0 fully saturated rings. The number of benzene rings is 2. The molecule has 0 bridgehead atoms. The molecule has 1 aromatic heterocycles. The van der Waals surface area contributed by atoms with Crippen LogP contribution >= 0.6 is 0 Å². The number of carbonyl (C=O) groups is 1. The van der Waals surface area contributed by atoms with Crippen LogP contribution in [0.3, 0.4) is 0 Å². The van der Waals surface area contributed by atoms with Gasteiger partial charge in [-0.15, -0.1) is 0 Å². The van der Waals surface area contributed by atoms with Crippen molar-refractivity contribution in [1.82, 2.24) is 10.3 Å². The predicted octanol–water partition coefficient (Wildman–Crippen LogP) is 3.34. The molecule has 2 aromatic carbocycles. The van der Waals surface area contributed by atoms with Crippen molar-refractivity contribution in [3.63, 3.8) is 0 Å². The lowest BCUT2D eigenvalue weighted by Crippen LogP contribution is -2.17. The maximum absolute atomic E-state index is 14.1. The standard InChI is InChI=1S/C17H11F2N3O/c1-21-17(23)15-6-10-4-9(8-20)5-13(16(10)22-15)12-3-2-11(18)7-14(12)19/h2-7,22H,1H3,(H,21,23). The number of nitrogens with one attached hydrogen (secondary N) is 2. The van der Waals surface area contributed by atoms with Crippen LogP contribution in [-0.2, 0) is 0 Å². The first-order valence-corrected chi connectivity index (χ1v) is 6.78. The van der Waals surface area contributed by atoms with Crippen molar-refractivity contribution in [3.05, 3.63) is 59.3 Å². The summed E-state index contributed by atoms with van der Waals surface area (Å²) in [6.07, 6.45) is 0. The van der Waals surface area contributed by atoms with Gasteiger partial charge in [0, 0.05) is 29.6 Å². The predicted molar refractivity (Wildman–Crippen MR) is 81.8 cm³/mol. The summed E-state index contributed by atoms with van der Waals surface area (Å²) in [7, 11) is 1.50. The SMILES string of the molecule is CNC(=O)c1cc2cc(C#N)cc(-c3ccc(F)cc3F)c2[nH]1. The molecule has 6 heteroatoms. The first kappa shape index (κ1) is 14.7. The third kappa shape index (κ3) is 2.53. The number of rotatable bonds is 2. The van der Waals surface area contributed by atoms with Crippen LogP contribution in [0, 0.1) is 23.0 Å². The second-order valence-corrected chi connectivity index (χ2v) is 4.99. The Morgan fingerprint density at radius 1 is 1.17 bits per heavy atom. The van der Waals surface area contributed by atoms with Gasteiger partial charge in [-0.2, -0.15) is 5.26 Å². The first-order chi connectivity index (χ1) is 11.0. The average Bonchev–Trinajstić information content (AvgIpc) is 2.97. The van der Waals surface area contributed by atoms with Gasteiger partial charge in [-0.3, -0.25) is 4.79 Å². The fourth-order valence-electron chi connectivity index (χ4n) is 2.49. The number of H-pyrrole nitrogens is 1. The van der Waals surface area contributed by atoms with Crippen molar-refractivity contribution in [3.8, 4) is 17.2 Å². The Hall–Kier alpha value is -3.20. The quantitative estimate of drug-likeness (QED) is 0.762. The van der Waals surface area contributed by atoms with Crippen LogP contribution in [0.15, 0.2) is 36.4 Å². The van der Waals surface area contributed by atoms with Crippen molar-refractivity contribution in [2.45, 2.75) is 0 Å². The van der Waals surface area contributed by atoms with E-state index in [1.165, 1.54) is 19.2 Å². The van der Waals surface area contributed by atoms with Crippen LogP contribution < -0.4 is 5.32 Å². The first-order valence-electron chi connectivity index (χ1n) is 6.78. The Morgan fingerprint density at radius 3 is 2.61 bits per heavy atom. The number of hydrogen-bond acceptors (Lipinski definition) is 2. The molecule has 114 valence electrons. The topological polar surface area (TPSA) is 68.7 Å². The minimum Gasteiger partial charge on any atom is -0.354 e. The van der Waals surface area contributed by atoms with E-state index < -0.39 is 11.6 Å². The van der Waals surface area contributed by atoms with Gasteiger partial charge in [0.05, 0.1) is 17.1 Å². The molecule has 23 heavy (non-hydrogen) atoms. The summed E-state index contributed by atoms with van der Waals surface area (Å²) < 4.78 is 27.2. The van der Waals surface area contributed by atoms with Crippen molar-refractivity contribution in [2.24, 2.45) is 0 Å². The highest BCUT2D eigenvalue weighted by molar-refractivity contribution is 6.02. The second-order valence-electron chi connectivity index (χ2n) is 4.99. The van der Waals surface area contributed by atoms with Crippen molar-refractivity contribution in [1.29, 1.82) is 5.26 Å². The van der Waals surface area contributed by atoms with Crippen LogP contribution in [0.2, 0.25) is 0 Å². The Balaban J connectivity index is 2.32. The number of carbonyl (C=O) groups excluding carboxylic acids is 1. The Morgan fingerprint density at radius 2 is 1.96 bits per heavy atom. The van der Waals surface area contributed by atoms with Gasteiger partial charge in [-0.1, -0.05) is 0 Å². The second kappa shape index (κ2) is 5.54. The maximum Gasteiger partial charge on any atom is 0.267 e. The molecule has 1 heterocycles. The zero-order chi connectivity index (χ0) is 16.6. The van der Waals surface area contributed by atoms with E-state index in [2.05, 4.69) is 10.3 Å². The lowest BCUT2D eigenvalue weighted by molar-refractivity contribution is 0.0959. The Labute approximate surface area is 130 Å². The molecule has 2 N–H and O–H groups in total. The summed E-state index contributed by atoms with van der Waals surface area (Å²) in [5.41, 5.74) is 1.67. The molecule has 0 aliphatic rings. The number of nitrogens with zero attached hydrogens (tertiary/aromatic N) is 1. The molecule has 0 atom stereocenters. The van der Waals surface area contributed by atoms with E-state index in [1.54, 1.807) is 12.1 Å². The van der Waals surface area contributed by atoms with E-state index in [1.807, 2.05) is 6.07 Å². The van der Waals surface area contributed by atoms with E-state index in [4.69, 9.17) is 5.26 Å². The number of amides is 1. The molecule has 0 saturated heterocycles. The van der Waals surface area contributed by atoms with E-state index in [9.17, 15) is 13.6 Å². The van der Waals surface area contributed by atoms with Gasteiger partial charge in [0.2, 0.25) is 0 Å². The smallest absolute Gasteiger partial charge is 0.267 e. The summed E-state index contributed by atoms with van der Waals surface area (Å²) >= 11 is 0. The molecule has 0 aliphatic carbocycles. The fourth-order valence-corrected chi connectivity index (χ4v) is 2.49. The third-order valence-electron chi connectivity index (χ3n) is 3.55. The van der Waals surface area contributed by atoms with Gasteiger partial charge in [-0.25, -0.2) is 8.78 Å². The fraction of sp³-hybridized carbons (Fsp3) is 0.0588. The van der Waals surface area contributed by atoms with Gasteiger partial charge in [0.15, 0.2) is 0 Å². The molecular weight excluding hydrogens is 300 g/mol. The minimum atomic E-state index is -0.738. The molecule has 0 radical (unpaired) electrons. The Bertz CT molecular complexity index is 970. The molecule has 3 rings (SSSR count). The molecule has 3 aromatic rings. The summed E-state index contributed by atoms with van der Waals surface area (Å²) in [4.78, 5) is 14.7. The minimum absolute atomic E-state index is 0.152. The molecule has 4 nitrogen and oxygen atoms in total. The van der Waals surface area contributed by atoms with Gasteiger partial charge in [-0.05, 0) is 30.3 Å². The molecule has 1 amide bonds. The van der Waals surface area contributed by atoms with Gasteiger partial charge < -0.3 is 10.3 Å². The van der Waals surface area contributed by atoms with Crippen molar-refractivity contribution in [2.75, 3.05) is 7.05 Å². The molecular formula is C17H11F2N3O. The highest BCUT2D eigenvalue weighted by Gasteiger charge is 2.15. The van der Waals surface area contributed by atoms with Gasteiger partial charge >= 0.3 is 0 Å². The average molecular weight is 311 g/mol. The normalized spacial score (nSPS) is 10.5. The lowest BCUT2D eigenvalue weighted by atomic mass is 10.00. The number of nitriles is 1.